The Morgan fingerprint density at radius 3 is 2.67 bits per heavy atom. The van der Waals surface area contributed by atoms with Crippen molar-refractivity contribution >= 4 is 28.3 Å². The highest BCUT2D eigenvalue weighted by molar-refractivity contribution is 6.30. The summed E-state index contributed by atoms with van der Waals surface area (Å²) in [5.74, 6) is 0.920. The van der Waals surface area contributed by atoms with Gasteiger partial charge in [-0.3, -0.25) is 4.98 Å². The molecule has 1 N–H and O–H groups in total. The Morgan fingerprint density at radius 1 is 0.958 bits per heavy atom. The summed E-state index contributed by atoms with van der Waals surface area (Å²) in [6.07, 6.45) is 11.5. The molecule has 122 valence electrons. The molecule has 1 fully saturated rings. The molecular weight excluding hydrogens is 320 g/mol. The standard InChI is InChI=1S/C19H19ClN4/c20-15-8-14(10-21-11-15)13-6-7-18-17(9-13)19(23-12-22-18)24-16-4-2-1-3-5-16/h6-12,16H,1-5H2,(H,22,23,24). The Morgan fingerprint density at radius 2 is 1.83 bits per heavy atom. The molecule has 5 heteroatoms. The third-order valence-electron chi connectivity index (χ3n) is 4.62. The van der Waals surface area contributed by atoms with Crippen molar-refractivity contribution in [2.75, 3.05) is 5.32 Å². The minimum atomic E-state index is 0.508. The minimum absolute atomic E-state index is 0.508. The normalized spacial score (nSPS) is 15.5. The molecule has 2 aromatic heterocycles. The maximum atomic E-state index is 6.07. The first-order chi connectivity index (χ1) is 11.8. The van der Waals surface area contributed by atoms with Gasteiger partial charge in [0.2, 0.25) is 0 Å². The first kappa shape index (κ1) is 15.3. The number of hydrogen-bond donors (Lipinski definition) is 1. The van der Waals surface area contributed by atoms with Crippen molar-refractivity contribution in [3.8, 4) is 11.1 Å². The summed E-state index contributed by atoms with van der Waals surface area (Å²) in [4.78, 5) is 13.1. The number of hydrogen-bond acceptors (Lipinski definition) is 4. The second kappa shape index (κ2) is 6.73. The van der Waals surface area contributed by atoms with Gasteiger partial charge in [0.25, 0.3) is 0 Å². The van der Waals surface area contributed by atoms with Crippen LogP contribution in [0.1, 0.15) is 32.1 Å². The highest BCUT2D eigenvalue weighted by atomic mass is 35.5. The van der Waals surface area contributed by atoms with Crippen LogP contribution in [-0.2, 0) is 0 Å². The van der Waals surface area contributed by atoms with E-state index in [0.29, 0.717) is 11.1 Å². The molecule has 0 atom stereocenters. The van der Waals surface area contributed by atoms with Crippen LogP contribution in [0.3, 0.4) is 0 Å². The number of nitrogens with one attached hydrogen (secondary N) is 1. The number of halogens is 1. The van der Waals surface area contributed by atoms with Crippen LogP contribution >= 0.6 is 11.6 Å². The molecule has 3 aromatic rings. The molecule has 2 heterocycles. The number of pyridine rings is 1. The Kier molecular flexibility index (Phi) is 4.30. The third-order valence-corrected chi connectivity index (χ3v) is 4.83. The van der Waals surface area contributed by atoms with Gasteiger partial charge < -0.3 is 5.32 Å². The Hall–Kier alpha value is -2.20. The van der Waals surface area contributed by atoms with Gasteiger partial charge in [-0.1, -0.05) is 36.9 Å². The lowest BCUT2D eigenvalue weighted by atomic mass is 9.95. The fourth-order valence-electron chi connectivity index (χ4n) is 3.36. The van der Waals surface area contributed by atoms with Gasteiger partial charge in [0.05, 0.1) is 10.5 Å². The van der Waals surface area contributed by atoms with Gasteiger partial charge in [-0.05, 0) is 36.6 Å². The van der Waals surface area contributed by atoms with Crippen LogP contribution in [0.2, 0.25) is 5.02 Å². The van der Waals surface area contributed by atoms with E-state index in [0.717, 1.165) is 27.8 Å². The van der Waals surface area contributed by atoms with E-state index in [1.807, 2.05) is 24.4 Å². The lowest BCUT2D eigenvalue weighted by Crippen LogP contribution is -2.23. The first-order valence-electron chi connectivity index (χ1n) is 8.42. The van der Waals surface area contributed by atoms with E-state index in [2.05, 4.69) is 26.3 Å². The smallest absolute Gasteiger partial charge is 0.137 e. The average molecular weight is 339 g/mol. The summed E-state index contributed by atoms with van der Waals surface area (Å²) in [6.45, 7) is 0. The minimum Gasteiger partial charge on any atom is -0.367 e. The van der Waals surface area contributed by atoms with E-state index in [1.54, 1.807) is 12.5 Å². The number of benzene rings is 1. The topological polar surface area (TPSA) is 50.7 Å². The Labute approximate surface area is 146 Å². The van der Waals surface area contributed by atoms with Gasteiger partial charge in [0.1, 0.15) is 12.1 Å². The van der Waals surface area contributed by atoms with Crippen LogP contribution in [0.4, 0.5) is 5.82 Å². The summed E-state index contributed by atoms with van der Waals surface area (Å²) in [5, 5.41) is 5.30. The predicted octanol–water partition coefficient (Wildman–Crippen LogP) is 5.09. The van der Waals surface area contributed by atoms with E-state index in [1.165, 1.54) is 32.1 Å². The molecule has 4 nitrogen and oxygen atoms in total. The molecule has 1 saturated carbocycles. The van der Waals surface area contributed by atoms with Gasteiger partial charge in [0, 0.05) is 29.4 Å². The van der Waals surface area contributed by atoms with Gasteiger partial charge in [0.15, 0.2) is 0 Å². The average Bonchev–Trinajstić information content (AvgIpc) is 2.63. The van der Waals surface area contributed by atoms with Crippen molar-refractivity contribution in [1.82, 2.24) is 15.0 Å². The van der Waals surface area contributed by atoms with Crippen molar-refractivity contribution < 1.29 is 0 Å². The van der Waals surface area contributed by atoms with E-state index >= 15 is 0 Å². The molecule has 0 bridgehead atoms. The second-order valence-electron chi connectivity index (χ2n) is 6.33. The van der Waals surface area contributed by atoms with Crippen molar-refractivity contribution in [3.05, 3.63) is 48.0 Å². The van der Waals surface area contributed by atoms with Crippen LogP contribution in [0.15, 0.2) is 43.0 Å². The lowest BCUT2D eigenvalue weighted by molar-refractivity contribution is 0.462. The van der Waals surface area contributed by atoms with Crippen LogP contribution in [0.25, 0.3) is 22.0 Å². The molecule has 24 heavy (non-hydrogen) atoms. The zero-order valence-electron chi connectivity index (χ0n) is 13.4. The molecule has 0 spiro atoms. The van der Waals surface area contributed by atoms with Crippen molar-refractivity contribution in [2.24, 2.45) is 0 Å². The quantitative estimate of drug-likeness (QED) is 0.722. The number of anilines is 1. The second-order valence-corrected chi connectivity index (χ2v) is 6.76. The number of aromatic nitrogens is 3. The summed E-state index contributed by atoms with van der Waals surface area (Å²) in [5.41, 5.74) is 3.01. The molecule has 0 amide bonds. The summed E-state index contributed by atoms with van der Waals surface area (Å²) < 4.78 is 0. The number of nitrogens with zero attached hydrogens (tertiary/aromatic N) is 3. The molecule has 0 aliphatic heterocycles. The number of fused-ring (bicyclic) bond motifs is 1. The van der Waals surface area contributed by atoms with Crippen LogP contribution in [-0.4, -0.2) is 21.0 Å². The molecule has 0 radical (unpaired) electrons. The van der Waals surface area contributed by atoms with Gasteiger partial charge in [-0.25, -0.2) is 9.97 Å². The molecule has 4 rings (SSSR count). The van der Waals surface area contributed by atoms with Gasteiger partial charge in [-0.15, -0.1) is 0 Å². The zero-order valence-corrected chi connectivity index (χ0v) is 14.1. The van der Waals surface area contributed by atoms with E-state index in [4.69, 9.17) is 11.6 Å². The van der Waals surface area contributed by atoms with Crippen LogP contribution < -0.4 is 5.32 Å². The fourth-order valence-corrected chi connectivity index (χ4v) is 3.54. The Bertz CT molecular complexity index is 859. The first-order valence-corrected chi connectivity index (χ1v) is 8.79. The van der Waals surface area contributed by atoms with E-state index in [9.17, 15) is 0 Å². The molecule has 1 aromatic carbocycles. The summed E-state index contributed by atoms with van der Waals surface area (Å²) >= 11 is 6.07. The molecule has 0 saturated heterocycles. The summed E-state index contributed by atoms with van der Waals surface area (Å²) in [7, 11) is 0. The lowest BCUT2D eigenvalue weighted by Gasteiger charge is -2.23. The highest BCUT2D eigenvalue weighted by Gasteiger charge is 2.15. The van der Waals surface area contributed by atoms with E-state index < -0.39 is 0 Å². The van der Waals surface area contributed by atoms with Crippen molar-refractivity contribution in [2.45, 2.75) is 38.1 Å². The maximum Gasteiger partial charge on any atom is 0.137 e. The predicted molar refractivity (Wildman–Crippen MR) is 98.3 cm³/mol. The number of rotatable bonds is 3. The van der Waals surface area contributed by atoms with Crippen molar-refractivity contribution in [1.29, 1.82) is 0 Å². The van der Waals surface area contributed by atoms with Crippen LogP contribution in [0.5, 0.6) is 0 Å². The van der Waals surface area contributed by atoms with Crippen molar-refractivity contribution in [3.63, 3.8) is 0 Å². The van der Waals surface area contributed by atoms with E-state index in [-0.39, 0.29) is 0 Å². The highest BCUT2D eigenvalue weighted by Crippen LogP contribution is 2.29. The van der Waals surface area contributed by atoms with Crippen LogP contribution in [0, 0.1) is 0 Å². The third kappa shape index (κ3) is 3.20. The molecule has 1 aliphatic rings. The zero-order chi connectivity index (χ0) is 16.4. The van der Waals surface area contributed by atoms with Gasteiger partial charge >= 0.3 is 0 Å². The maximum absolute atomic E-state index is 6.07. The summed E-state index contributed by atoms with van der Waals surface area (Å²) in [6, 6.07) is 8.63. The molecule has 1 aliphatic carbocycles. The molecule has 0 unspecified atom stereocenters. The monoisotopic (exact) mass is 338 g/mol. The SMILES string of the molecule is Clc1cncc(-c2ccc3ncnc(NC4CCCCC4)c3c2)c1. The largest absolute Gasteiger partial charge is 0.367 e. The van der Waals surface area contributed by atoms with Gasteiger partial charge in [-0.2, -0.15) is 0 Å². The Balaban J connectivity index is 1.73. The fraction of sp³-hybridized carbons (Fsp3) is 0.316. The molecular formula is C19H19ClN4.